The second kappa shape index (κ2) is 7.64. The van der Waals surface area contributed by atoms with Crippen LogP contribution in [-0.2, 0) is 17.2 Å². The van der Waals surface area contributed by atoms with Crippen LogP contribution in [-0.4, -0.2) is 34.4 Å². The highest BCUT2D eigenvalue weighted by Crippen LogP contribution is 2.43. The number of benzene rings is 1. The second-order valence-electron chi connectivity index (χ2n) is 7.87. The van der Waals surface area contributed by atoms with E-state index in [1.54, 1.807) is 0 Å². The van der Waals surface area contributed by atoms with Gasteiger partial charge in [-0.25, -0.2) is 4.68 Å². The van der Waals surface area contributed by atoms with E-state index in [4.69, 9.17) is 4.74 Å². The molecule has 1 saturated heterocycles. The van der Waals surface area contributed by atoms with Gasteiger partial charge in [-0.1, -0.05) is 30.3 Å². The summed E-state index contributed by atoms with van der Waals surface area (Å²) in [4.78, 5) is 23.8. The highest BCUT2D eigenvalue weighted by Gasteiger charge is 2.41. The van der Waals surface area contributed by atoms with Gasteiger partial charge >= 0.3 is 0 Å². The molecule has 6 heteroatoms. The van der Waals surface area contributed by atoms with Gasteiger partial charge in [0.05, 0.1) is 5.60 Å². The molecule has 6 nitrogen and oxygen atoms in total. The highest BCUT2D eigenvalue weighted by atomic mass is 16.5. The molecule has 27 heavy (non-hydrogen) atoms. The first-order valence-corrected chi connectivity index (χ1v) is 9.33. The van der Waals surface area contributed by atoms with E-state index in [2.05, 4.69) is 48.5 Å². The molecule has 1 aromatic carbocycles. The molecule has 0 bridgehead atoms. The molecule has 0 saturated carbocycles. The van der Waals surface area contributed by atoms with Crippen LogP contribution in [0.2, 0.25) is 0 Å². The average molecular weight is 369 g/mol. The number of nitrogens with zero attached hydrogens (tertiary/aromatic N) is 2. The lowest BCUT2D eigenvalue weighted by Gasteiger charge is -2.45. The van der Waals surface area contributed by atoms with Gasteiger partial charge in [-0.3, -0.25) is 9.59 Å². The van der Waals surface area contributed by atoms with Crippen molar-refractivity contribution in [1.82, 2.24) is 15.1 Å². The first-order chi connectivity index (χ1) is 12.8. The third-order valence-corrected chi connectivity index (χ3v) is 5.31. The number of carbonyl (C=O) groups excluding carboxylic acids is 1. The molecule has 0 spiro atoms. The number of aryl methyl sites for hydroxylation is 1. The van der Waals surface area contributed by atoms with Gasteiger partial charge < -0.3 is 10.1 Å². The fourth-order valence-corrected chi connectivity index (χ4v) is 4.00. The van der Waals surface area contributed by atoms with Crippen molar-refractivity contribution < 1.29 is 9.53 Å². The molecule has 1 atom stereocenters. The Labute approximate surface area is 159 Å². The minimum atomic E-state index is -0.264. The van der Waals surface area contributed by atoms with Crippen molar-refractivity contribution in [3.05, 3.63) is 64.1 Å². The molecule has 2 aromatic rings. The van der Waals surface area contributed by atoms with Crippen LogP contribution in [0.1, 0.15) is 49.2 Å². The zero-order valence-electron chi connectivity index (χ0n) is 16.2. The summed E-state index contributed by atoms with van der Waals surface area (Å²) in [7, 11) is 1.54. The zero-order valence-corrected chi connectivity index (χ0v) is 16.2. The zero-order chi connectivity index (χ0) is 19.5. The van der Waals surface area contributed by atoms with Gasteiger partial charge in [0.2, 0.25) is 0 Å². The Hall–Kier alpha value is -2.47. The minimum absolute atomic E-state index is 0.0345. The average Bonchev–Trinajstić information content (AvgIpc) is 2.64. The fraction of sp³-hybridized carbons (Fsp3) is 0.476. The van der Waals surface area contributed by atoms with E-state index in [-0.39, 0.29) is 28.2 Å². The van der Waals surface area contributed by atoms with E-state index >= 15 is 0 Å². The smallest absolute Gasteiger partial charge is 0.271 e. The molecule has 1 aliphatic heterocycles. The van der Waals surface area contributed by atoms with Gasteiger partial charge in [0.15, 0.2) is 0 Å². The Bertz CT molecular complexity index is 860. The molecule has 1 N–H and O–H groups in total. The molecular formula is C21H27N3O3. The Balaban J connectivity index is 1.73. The minimum Gasteiger partial charge on any atom is -0.376 e. The van der Waals surface area contributed by atoms with E-state index in [0.717, 1.165) is 19.3 Å². The number of nitrogens with one attached hydrogen (secondary N) is 1. The molecule has 0 radical (unpaired) electrons. The summed E-state index contributed by atoms with van der Waals surface area (Å²) in [6.45, 7) is 5.49. The van der Waals surface area contributed by atoms with Crippen molar-refractivity contribution in [3.63, 3.8) is 0 Å². The largest absolute Gasteiger partial charge is 0.376 e. The quantitative estimate of drug-likeness (QED) is 0.878. The second-order valence-corrected chi connectivity index (χ2v) is 7.87. The van der Waals surface area contributed by atoms with Crippen molar-refractivity contribution in [2.45, 2.75) is 44.1 Å². The van der Waals surface area contributed by atoms with Crippen LogP contribution in [0.25, 0.3) is 0 Å². The van der Waals surface area contributed by atoms with Gasteiger partial charge in [-0.05, 0) is 44.7 Å². The number of hydrogen-bond acceptors (Lipinski definition) is 4. The van der Waals surface area contributed by atoms with Crippen molar-refractivity contribution in [2.24, 2.45) is 7.05 Å². The van der Waals surface area contributed by atoms with Crippen LogP contribution in [0.15, 0.2) is 47.3 Å². The van der Waals surface area contributed by atoms with Crippen LogP contribution in [0, 0.1) is 0 Å². The van der Waals surface area contributed by atoms with Crippen molar-refractivity contribution in [2.75, 3.05) is 13.2 Å². The van der Waals surface area contributed by atoms with Crippen molar-refractivity contribution in [3.8, 4) is 0 Å². The summed E-state index contributed by atoms with van der Waals surface area (Å²) in [5, 5.41) is 6.97. The molecule has 0 unspecified atom stereocenters. The molecule has 1 fully saturated rings. The molecule has 2 heterocycles. The van der Waals surface area contributed by atoms with Crippen LogP contribution < -0.4 is 10.9 Å². The lowest BCUT2D eigenvalue weighted by atomic mass is 9.67. The van der Waals surface area contributed by atoms with Crippen molar-refractivity contribution >= 4 is 5.91 Å². The molecule has 0 aliphatic carbocycles. The summed E-state index contributed by atoms with van der Waals surface area (Å²) in [5.74, 6) is -0.264. The number of rotatable bonds is 5. The third kappa shape index (κ3) is 4.45. The first kappa shape index (κ1) is 19.3. The third-order valence-electron chi connectivity index (χ3n) is 5.31. The van der Waals surface area contributed by atoms with Gasteiger partial charge in [0.1, 0.15) is 5.69 Å². The first-order valence-electron chi connectivity index (χ1n) is 9.33. The van der Waals surface area contributed by atoms with Crippen LogP contribution in [0.4, 0.5) is 0 Å². The number of hydrogen-bond donors (Lipinski definition) is 1. The summed E-state index contributed by atoms with van der Waals surface area (Å²) in [6.07, 6.45) is 2.65. The summed E-state index contributed by atoms with van der Waals surface area (Å²) < 4.78 is 7.10. The lowest BCUT2D eigenvalue weighted by Crippen LogP contribution is -2.45. The van der Waals surface area contributed by atoms with E-state index in [1.165, 1.54) is 29.4 Å². The Kier molecular flexibility index (Phi) is 5.46. The van der Waals surface area contributed by atoms with E-state index in [9.17, 15) is 9.59 Å². The number of ether oxygens (including phenoxy) is 1. The molecule has 3 rings (SSSR count). The highest BCUT2D eigenvalue weighted by molar-refractivity contribution is 5.91. The topological polar surface area (TPSA) is 73.2 Å². The Morgan fingerprint density at radius 3 is 2.63 bits per heavy atom. The maximum absolute atomic E-state index is 12.4. The summed E-state index contributed by atoms with van der Waals surface area (Å²) in [5.41, 5.74) is 1.07. The number of amides is 1. The Morgan fingerprint density at radius 2 is 1.96 bits per heavy atom. The summed E-state index contributed by atoms with van der Waals surface area (Å²) >= 11 is 0. The monoisotopic (exact) mass is 369 g/mol. The van der Waals surface area contributed by atoms with Crippen molar-refractivity contribution in [1.29, 1.82) is 0 Å². The summed E-state index contributed by atoms with van der Waals surface area (Å²) in [6, 6.07) is 13.3. The molecular weight excluding hydrogens is 342 g/mol. The van der Waals surface area contributed by atoms with E-state index in [1.807, 2.05) is 6.07 Å². The number of carbonyl (C=O) groups is 1. The van der Waals surface area contributed by atoms with Gasteiger partial charge in [-0.15, -0.1) is 0 Å². The maximum Gasteiger partial charge on any atom is 0.271 e. The van der Waals surface area contributed by atoms with Crippen LogP contribution in [0.5, 0.6) is 0 Å². The molecule has 1 aliphatic rings. The maximum atomic E-state index is 12.4. The lowest BCUT2D eigenvalue weighted by molar-refractivity contribution is -0.0838. The Morgan fingerprint density at radius 1 is 1.22 bits per heavy atom. The standard InChI is InChI=1S/C21H27N3O3/c1-20(2)15-21(12-14-27-20,16-7-5-4-6-8-16)11-13-22-19(26)17-9-10-18(25)24(3)23-17/h4-10H,11-15H2,1-3H3,(H,22,26)/t21-/m0/s1. The predicted molar refractivity (Wildman–Crippen MR) is 104 cm³/mol. The molecule has 1 amide bonds. The SMILES string of the molecule is Cn1nc(C(=O)NCC[C@]2(c3ccccc3)CCOC(C)(C)C2)ccc1=O. The van der Waals surface area contributed by atoms with E-state index in [0.29, 0.717) is 13.2 Å². The fourth-order valence-electron chi connectivity index (χ4n) is 4.00. The number of aromatic nitrogens is 2. The van der Waals surface area contributed by atoms with Crippen LogP contribution >= 0.6 is 0 Å². The van der Waals surface area contributed by atoms with Gasteiger partial charge in [-0.2, -0.15) is 5.10 Å². The van der Waals surface area contributed by atoms with Crippen LogP contribution in [0.3, 0.4) is 0 Å². The van der Waals surface area contributed by atoms with Gasteiger partial charge in [0, 0.05) is 31.7 Å². The predicted octanol–water partition coefficient (Wildman–Crippen LogP) is 2.43. The molecule has 144 valence electrons. The van der Waals surface area contributed by atoms with Gasteiger partial charge in [0.25, 0.3) is 11.5 Å². The normalized spacial score (nSPS) is 21.6. The molecule has 1 aromatic heterocycles. The van der Waals surface area contributed by atoms with E-state index < -0.39 is 0 Å².